The zero-order valence-electron chi connectivity index (χ0n) is 13.8. The van der Waals surface area contributed by atoms with E-state index in [1.807, 2.05) is 6.07 Å². The minimum absolute atomic E-state index is 0.106. The van der Waals surface area contributed by atoms with Crippen LogP contribution >= 0.6 is 0 Å². The van der Waals surface area contributed by atoms with E-state index in [9.17, 15) is 14.0 Å². The summed E-state index contributed by atoms with van der Waals surface area (Å²) in [6.45, 7) is 1.71. The molecule has 0 saturated carbocycles. The normalized spacial score (nSPS) is 11.6. The van der Waals surface area contributed by atoms with Gasteiger partial charge in [0.15, 0.2) is 17.7 Å². The summed E-state index contributed by atoms with van der Waals surface area (Å²) in [5.41, 5.74) is 0.454. The first-order chi connectivity index (χ1) is 11.4. The average molecular weight is 334 g/mol. The van der Waals surface area contributed by atoms with E-state index in [-0.39, 0.29) is 18.7 Å². The number of rotatable bonds is 7. The van der Waals surface area contributed by atoms with Gasteiger partial charge in [0.2, 0.25) is 0 Å². The van der Waals surface area contributed by atoms with Crippen LogP contribution in [0.4, 0.5) is 4.39 Å². The molecule has 0 fully saturated rings. The largest absolute Gasteiger partial charge is 0.494 e. The topological polar surface area (TPSA) is 79.6 Å². The molecule has 0 bridgehead atoms. The lowest BCUT2D eigenvalue weighted by atomic mass is 10.2. The number of nitrogens with zero attached hydrogens (tertiary/aromatic N) is 2. The summed E-state index contributed by atoms with van der Waals surface area (Å²) in [6.07, 6.45) is 1.71. The molecule has 24 heavy (non-hydrogen) atoms. The standard InChI is InChI=1S/C17H19FN2O4/c1-12(17(22)20(2)10-4-9-19)24-16(21)8-6-13-5-7-15(23-3)14(18)11-13/h5-8,11-12H,4,10H2,1-3H3/b8-6+/t12-/m1/s1. The van der Waals surface area contributed by atoms with E-state index in [2.05, 4.69) is 0 Å². The summed E-state index contributed by atoms with van der Waals surface area (Å²) in [7, 11) is 2.89. The number of nitriles is 1. The molecule has 0 radical (unpaired) electrons. The third kappa shape index (κ3) is 5.72. The van der Waals surface area contributed by atoms with Crippen molar-refractivity contribution in [1.29, 1.82) is 5.26 Å². The summed E-state index contributed by atoms with van der Waals surface area (Å²) in [5.74, 6) is -1.56. The number of hydrogen-bond donors (Lipinski definition) is 0. The maximum Gasteiger partial charge on any atom is 0.331 e. The fraction of sp³-hybridized carbons (Fsp3) is 0.353. The quantitative estimate of drug-likeness (QED) is 0.564. The summed E-state index contributed by atoms with van der Waals surface area (Å²) >= 11 is 0. The van der Waals surface area contributed by atoms with Crippen molar-refractivity contribution in [1.82, 2.24) is 4.90 Å². The molecule has 6 nitrogen and oxygen atoms in total. The van der Waals surface area contributed by atoms with Crippen molar-refractivity contribution < 1.29 is 23.5 Å². The van der Waals surface area contributed by atoms with Crippen LogP contribution in [0.3, 0.4) is 0 Å². The van der Waals surface area contributed by atoms with Gasteiger partial charge in [0.05, 0.1) is 19.6 Å². The highest BCUT2D eigenvalue weighted by atomic mass is 19.1. The van der Waals surface area contributed by atoms with Crippen molar-refractivity contribution in [3.05, 3.63) is 35.7 Å². The van der Waals surface area contributed by atoms with Gasteiger partial charge in [-0.15, -0.1) is 0 Å². The van der Waals surface area contributed by atoms with E-state index in [0.717, 1.165) is 6.08 Å². The molecule has 128 valence electrons. The Hall–Kier alpha value is -2.88. The van der Waals surface area contributed by atoms with Gasteiger partial charge in [0, 0.05) is 19.7 Å². The van der Waals surface area contributed by atoms with Gasteiger partial charge in [0.1, 0.15) is 0 Å². The minimum atomic E-state index is -0.974. The Bertz CT molecular complexity index is 667. The predicted octanol–water partition coefficient (Wildman–Crippen LogP) is 2.15. The van der Waals surface area contributed by atoms with Crippen molar-refractivity contribution in [3.8, 4) is 11.8 Å². The Morgan fingerprint density at radius 3 is 2.75 bits per heavy atom. The lowest BCUT2D eigenvalue weighted by Crippen LogP contribution is -2.37. The number of carbonyl (C=O) groups excluding carboxylic acids is 2. The van der Waals surface area contributed by atoms with Crippen molar-refractivity contribution in [2.75, 3.05) is 20.7 Å². The molecule has 7 heteroatoms. The Kier molecular flexibility index (Phi) is 7.43. The maximum atomic E-state index is 13.5. The summed E-state index contributed by atoms with van der Waals surface area (Å²) < 4.78 is 23.3. The molecular weight excluding hydrogens is 315 g/mol. The summed E-state index contributed by atoms with van der Waals surface area (Å²) in [4.78, 5) is 25.0. The van der Waals surface area contributed by atoms with Crippen LogP contribution in [0.5, 0.6) is 5.75 Å². The maximum absolute atomic E-state index is 13.5. The monoisotopic (exact) mass is 334 g/mol. The molecule has 0 aromatic heterocycles. The van der Waals surface area contributed by atoms with Crippen LogP contribution in [-0.2, 0) is 14.3 Å². The van der Waals surface area contributed by atoms with Crippen molar-refractivity contribution in [3.63, 3.8) is 0 Å². The Morgan fingerprint density at radius 1 is 1.46 bits per heavy atom. The molecule has 0 aliphatic carbocycles. The molecule has 0 N–H and O–H groups in total. The molecular formula is C17H19FN2O4. The van der Waals surface area contributed by atoms with E-state index in [1.54, 1.807) is 6.07 Å². The van der Waals surface area contributed by atoms with E-state index < -0.39 is 23.8 Å². The SMILES string of the molecule is COc1ccc(/C=C/C(=O)O[C@H](C)C(=O)N(C)CCC#N)cc1F. The number of amides is 1. The molecule has 0 unspecified atom stereocenters. The van der Waals surface area contributed by atoms with Crippen LogP contribution in [0.2, 0.25) is 0 Å². The number of carbonyl (C=O) groups is 2. The first-order valence-corrected chi connectivity index (χ1v) is 7.23. The Balaban J connectivity index is 2.60. The molecule has 0 spiro atoms. The highest BCUT2D eigenvalue weighted by molar-refractivity contribution is 5.90. The molecule has 0 heterocycles. The van der Waals surface area contributed by atoms with Crippen molar-refractivity contribution in [2.24, 2.45) is 0 Å². The Morgan fingerprint density at radius 2 is 2.17 bits per heavy atom. The van der Waals surface area contributed by atoms with Crippen LogP contribution in [0, 0.1) is 17.1 Å². The summed E-state index contributed by atoms with van der Waals surface area (Å²) in [5, 5.41) is 8.49. The number of likely N-dealkylation sites (N-methyl/N-ethyl adjacent to an activating group) is 1. The zero-order valence-corrected chi connectivity index (χ0v) is 13.8. The van der Waals surface area contributed by atoms with Gasteiger partial charge in [-0.05, 0) is 30.7 Å². The molecule has 1 aromatic carbocycles. The molecule has 1 atom stereocenters. The average Bonchev–Trinajstić information content (AvgIpc) is 2.57. The van der Waals surface area contributed by atoms with E-state index in [4.69, 9.17) is 14.7 Å². The van der Waals surface area contributed by atoms with Crippen molar-refractivity contribution in [2.45, 2.75) is 19.4 Å². The van der Waals surface area contributed by atoms with Gasteiger partial charge in [-0.2, -0.15) is 5.26 Å². The van der Waals surface area contributed by atoms with Gasteiger partial charge >= 0.3 is 5.97 Å². The molecule has 1 rings (SSSR count). The van der Waals surface area contributed by atoms with E-state index >= 15 is 0 Å². The molecule has 0 aliphatic rings. The number of hydrogen-bond acceptors (Lipinski definition) is 5. The van der Waals surface area contributed by atoms with Gasteiger partial charge in [-0.25, -0.2) is 9.18 Å². The highest BCUT2D eigenvalue weighted by Gasteiger charge is 2.20. The van der Waals surface area contributed by atoms with Crippen LogP contribution < -0.4 is 4.74 Å². The smallest absolute Gasteiger partial charge is 0.331 e. The third-order valence-corrected chi connectivity index (χ3v) is 3.16. The second kappa shape index (κ2) is 9.30. The minimum Gasteiger partial charge on any atom is -0.494 e. The lowest BCUT2D eigenvalue weighted by molar-refractivity contribution is -0.154. The Labute approximate surface area is 140 Å². The van der Waals surface area contributed by atoms with Crippen LogP contribution in [0.25, 0.3) is 6.08 Å². The lowest BCUT2D eigenvalue weighted by Gasteiger charge is -2.19. The number of halogens is 1. The van der Waals surface area contributed by atoms with E-state index in [1.165, 1.54) is 44.2 Å². The molecule has 1 amide bonds. The third-order valence-electron chi connectivity index (χ3n) is 3.16. The summed E-state index contributed by atoms with van der Waals surface area (Å²) in [6, 6.07) is 6.17. The van der Waals surface area contributed by atoms with Crippen LogP contribution in [-0.4, -0.2) is 43.6 Å². The molecule has 0 aliphatic heterocycles. The second-order valence-electron chi connectivity index (χ2n) is 4.97. The predicted molar refractivity (Wildman–Crippen MR) is 85.4 cm³/mol. The van der Waals surface area contributed by atoms with Gasteiger partial charge in [-0.1, -0.05) is 6.07 Å². The number of esters is 1. The van der Waals surface area contributed by atoms with Crippen LogP contribution in [0.15, 0.2) is 24.3 Å². The first-order valence-electron chi connectivity index (χ1n) is 7.23. The number of ether oxygens (including phenoxy) is 2. The van der Waals surface area contributed by atoms with E-state index in [0.29, 0.717) is 5.56 Å². The second-order valence-corrected chi connectivity index (χ2v) is 4.97. The van der Waals surface area contributed by atoms with Gasteiger partial charge in [0.25, 0.3) is 5.91 Å². The molecule has 1 aromatic rings. The molecule has 0 saturated heterocycles. The zero-order chi connectivity index (χ0) is 18.1. The number of benzene rings is 1. The van der Waals surface area contributed by atoms with Gasteiger partial charge in [-0.3, -0.25) is 4.79 Å². The van der Waals surface area contributed by atoms with Crippen molar-refractivity contribution >= 4 is 18.0 Å². The fourth-order valence-electron chi connectivity index (χ4n) is 1.85. The van der Waals surface area contributed by atoms with Gasteiger partial charge < -0.3 is 14.4 Å². The number of methoxy groups -OCH3 is 1. The fourth-order valence-corrected chi connectivity index (χ4v) is 1.85. The van der Waals surface area contributed by atoms with Crippen LogP contribution in [0.1, 0.15) is 18.9 Å². The highest BCUT2D eigenvalue weighted by Crippen LogP contribution is 2.18. The first kappa shape index (κ1) is 19.2.